The van der Waals surface area contributed by atoms with Gasteiger partial charge in [0.2, 0.25) is 0 Å². The molecular formula is C30H61O6PS. The van der Waals surface area contributed by atoms with Crippen LogP contribution < -0.4 is 0 Å². The average molecular weight is 581 g/mol. The summed E-state index contributed by atoms with van der Waals surface area (Å²) in [5.74, 6) is 1.21. The van der Waals surface area contributed by atoms with Gasteiger partial charge in [0.15, 0.2) is 0 Å². The van der Waals surface area contributed by atoms with Crippen molar-refractivity contribution in [1.82, 2.24) is 0 Å². The third-order valence-electron chi connectivity index (χ3n) is 6.62. The number of ether oxygens (including phenoxy) is 2. The molecule has 0 saturated carbocycles. The number of rotatable bonds is 28. The Morgan fingerprint density at radius 3 is 1.79 bits per heavy atom. The van der Waals surface area contributed by atoms with Crippen molar-refractivity contribution in [2.75, 3.05) is 19.0 Å². The Hall–Kier alpha value is -0.0700. The van der Waals surface area contributed by atoms with Gasteiger partial charge in [0.25, 0.3) is 0 Å². The van der Waals surface area contributed by atoms with E-state index in [0.717, 1.165) is 6.42 Å². The molecule has 0 heterocycles. The van der Waals surface area contributed by atoms with Crippen molar-refractivity contribution in [2.24, 2.45) is 0 Å². The Morgan fingerprint density at radius 1 is 0.763 bits per heavy atom. The van der Waals surface area contributed by atoms with Crippen LogP contribution in [-0.4, -0.2) is 47.0 Å². The predicted octanol–water partition coefficient (Wildman–Crippen LogP) is 10.3. The first-order valence-electron chi connectivity index (χ1n) is 15.6. The molecule has 0 aromatic carbocycles. The lowest BCUT2D eigenvalue weighted by atomic mass is 10.1. The average Bonchev–Trinajstić information content (AvgIpc) is 2.87. The van der Waals surface area contributed by atoms with Crippen LogP contribution in [-0.2, 0) is 18.6 Å². The third kappa shape index (κ3) is 23.8. The van der Waals surface area contributed by atoms with E-state index in [9.17, 15) is 14.3 Å². The number of thioether (sulfide) groups is 1. The maximum absolute atomic E-state index is 12.0. The van der Waals surface area contributed by atoms with Crippen LogP contribution in [0.15, 0.2) is 0 Å². The zero-order valence-corrected chi connectivity index (χ0v) is 27.1. The standard InChI is InChI=1S/C30H61O6PS/c1-6-8-10-12-13-14-15-16-17-19-21-25-38-29(22-20-18-11-9-7-2)23-24-34-28(5)26-35-37(32,33)30(31)36-27(3)4/h27-29H,6-26H2,1-5H3,(H,32,33). The van der Waals surface area contributed by atoms with E-state index in [4.69, 9.17) is 14.0 Å². The van der Waals surface area contributed by atoms with E-state index in [0.29, 0.717) is 11.9 Å². The summed E-state index contributed by atoms with van der Waals surface area (Å²) in [5.41, 5.74) is -1.21. The van der Waals surface area contributed by atoms with E-state index in [2.05, 4.69) is 25.6 Å². The molecule has 0 spiro atoms. The van der Waals surface area contributed by atoms with Crippen molar-refractivity contribution < 1.29 is 28.3 Å². The molecular weight excluding hydrogens is 519 g/mol. The topological polar surface area (TPSA) is 82.1 Å². The van der Waals surface area contributed by atoms with Crippen LogP contribution in [0.5, 0.6) is 0 Å². The lowest BCUT2D eigenvalue weighted by Gasteiger charge is -2.20. The smallest absolute Gasteiger partial charge is 0.435 e. The summed E-state index contributed by atoms with van der Waals surface area (Å²) < 4.78 is 27.7. The second kappa shape index (κ2) is 25.9. The number of unbranched alkanes of at least 4 members (excludes halogenated alkanes) is 14. The third-order valence-corrected chi connectivity index (χ3v) is 9.16. The number of carbonyl (C=O) groups is 1. The minimum Gasteiger partial charge on any atom is -0.454 e. The van der Waals surface area contributed by atoms with E-state index in [1.165, 1.54) is 115 Å². The van der Waals surface area contributed by atoms with Crippen molar-refractivity contribution >= 4 is 25.1 Å². The Bertz CT molecular complexity index is 589. The van der Waals surface area contributed by atoms with Gasteiger partial charge in [0.1, 0.15) is 0 Å². The van der Waals surface area contributed by atoms with E-state index in [1.54, 1.807) is 20.8 Å². The van der Waals surface area contributed by atoms with Crippen molar-refractivity contribution in [1.29, 1.82) is 0 Å². The molecule has 38 heavy (non-hydrogen) atoms. The first kappa shape index (κ1) is 37.9. The molecule has 0 fully saturated rings. The highest BCUT2D eigenvalue weighted by Gasteiger charge is 2.34. The number of carbonyl (C=O) groups excluding carboxylic acids is 1. The summed E-state index contributed by atoms with van der Waals surface area (Å²) in [7, 11) is -4.45. The molecule has 6 nitrogen and oxygen atoms in total. The fraction of sp³-hybridized carbons (Fsp3) is 0.967. The van der Waals surface area contributed by atoms with E-state index < -0.39 is 19.4 Å². The summed E-state index contributed by atoms with van der Waals surface area (Å²) in [6, 6.07) is 0. The van der Waals surface area contributed by atoms with Gasteiger partial charge in [-0.3, -0.25) is 4.52 Å². The zero-order chi connectivity index (χ0) is 28.5. The molecule has 0 aromatic heterocycles. The summed E-state index contributed by atoms with van der Waals surface area (Å²) in [6.45, 7) is 10.0. The second-order valence-electron chi connectivity index (χ2n) is 10.9. The van der Waals surface area contributed by atoms with Gasteiger partial charge in [-0.2, -0.15) is 11.8 Å². The molecule has 0 aliphatic rings. The van der Waals surface area contributed by atoms with Crippen LogP contribution in [0, 0.1) is 0 Å². The Morgan fingerprint density at radius 2 is 1.26 bits per heavy atom. The van der Waals surface area contributed by atoms with Gasteiger partial charge >= 0.3 is 13.3 Å². The fourth-order valence-electron chi connectivity index (χ4n) is 4.28. The minimum absolute atomic E-state index is 0.117. The molecule has 0 aromatic rings. The molecule has 0 aliphatic heterocycles. The van der Waals surface area contributed by atoms with Gasteiger partial charge in [-0.15, -0.1) is 0 Å². The molecule has 1 N–H and O–H groups in total. The Kier molecular flexibility index (Phi) is 25.8. The molecule has 3 atom stereocenters. The highest BCUT2D eigenvalue weighted by Crippen LogP contribution is 2.44. The van der Waals surface area contributed by atoms with Gasteiger partial charge in [0, 0.05) is 11.9 Å². The highest BCUT2D eigenvalue weighted by atomic mass is 32.2. The quantitative estimate of drug-likeness (QED) is 0.0728. The van der Waals surface area contributed by atoms with Gasteiger partial charge in [0.05, 0.1) is 18.8 Å². The predicted molar refractivity (Wildman–Crippen MR) is 164 cm³/mol. The monoisotopic (exact) mass is 580 g/mol. The first-order chi connectivity index (χ1) is 18.2. The van der Waals surface area contributed by atoms with Gasteiger partial charge in [-0.25, -0.2) is 9.36 Å². The van der Waals surface area contributed by atoms with Gasteiger partial charge < -0.3 is 14.4 Å². The highest BCUT2D eigenvalue weighted by molar-refractivity contribution is 7.99. The van der Waals surface area contributed by atoms with Crippen LogP contribution in [0.25, 0.3) is 0 Å². The van der Waals surface area contributed by atoms with E-state index in [1.807, 2.05) is 0 Å². The molecule has 0 saturated heterocycles. The van der Waals surface area contributed by atoms with Crippen molar-refractivity contribution in [2.45, 2.75) is 168 Å². The normalized spacial score (nSPS) is 14.9. The molecule has 0 aliphatic carbocycles. The molecule has 0 rings (SSSR count). The van der Waals surface area contributed by atoms with Gasteiger partial charge in [-0.1, -0.05) is 110 Å². The summed E-state index contributed by atoms with van der Waals surface area (Å²) in [4.78, 5) is 21.5. The zero-order valence-electron chi connectivity index (χ0n) is 25.4. The molecule has 0 bridgehead atoms. The largest absolute Gasteiger partial charge is 0.454 e. The van der Waals surface area contributed by atoms with Crippen molar-refractivity contribution in [3.05, 3.63) is 0 Å². The van der Waals surface area contributed by atoms with Crippen LogP contribution in [0.2, 0.25) is 0 Å². The van der Waals surface area contributed by atoms with Gasteiger partial charge in [-0.05, 0) is 45.8 Å². The SMILES string of the molecule is CCCCCCCCCCCCCSC(CCCCCCC)CCOC(C)COP(=O)(O)C(=O)OC(C)C. The van der Waals surface area contributed by atoms with Crippen LogP contribution in [0.1, 0.15) is 150 Å². The summed E-state index contributed by atoms with van der Waals surface area (Å²) in [5, 5.41) is 0.581. The van der Waals surface area contributed by atoms with Crippen molar-refractivity contribution in [3.8, 4) is 0 Å². The molecule has 0 radical (unpaired) electrons. The molecule has 3 unspecified atom stereocenters. The fourth-order valence-corrected chi connectivity index (χ4v) is 6.44. The molecule has 0 amide bonds. The molecule has 228 valence electrons. The van der Waals surface area contributed by atoms with Crippen LogP contribution >= 0.6 is 19.4 Å². The number of hydrogen-bond donors (Lipinski definition) is 1. The summed E-state index contributed by atoms with van der Waals surface area (Å²) in [6.07, 6.45) is 22.9. The second-order valence-corrected chi connectivity index (χ2v) is 14.0. The first-order valence-corrected chi connectivity index (χ1v) is 18.3. The Labute approximate surface area is 239 Å². The maximum Gasteiger partial charge on any atom is 0.435 e. The lowest BCUT2D eigenvalue weighted by molar-refractivity contribution is 0.0270. The summed E-state index contributed by atoms with van der Waals surface area (Å²) >= 11 is 2.09. The van der Waals surface area contributed by atoms with Crippen LogP contribution in [0.4, 0.5) is 4.79 Å². The maximum atomic E-state index is 12.0. The Balaban J connectivity index is 4.17. The number of hydrogen-bond acceptors (Lipinski definition) is 6. The lowest BCUT2D eigenvalue weighted by Crippen LogP contribution is -2.20. The van der Waals surface area contributed by atoms with Crippen LogP contribution in [0.3, 0.4) is 0 Å². The van der Waals surface area contributed by atoms with E-state index >= 15 is 0 Å². The van der Waals surface area contributed by atoms with Crippen molar-refractivity contribution in [3.63, 3.8) is 0 Å². The minimum atomic E-state index is -4.45. The van der Waals surface area contributed by atoms with E-state index in [-0.39, 0.29) is 12.7 Å². The molecule has 8 heteroatoms.